The van der Waals surface area contributed by atoms with E-state index < -0.39 is 11.9 Å². The highest BCUT2D eigenvalue weighted by atomic mass is 79.9. The predicted molar refractivity (Wildman–Crippen MR) is 92.6 cm³/mol. The van der Waals surface area contributed by atoms with Gasteiger partial charge in [-0.2, -0.15) is 0 Å². The Morgan fingerprint density at radius 3 is 2.61 bits per heavy atom. The van der Waals surface area contributed by atoms with Crippen molar-refractivity contribution in [1.82, 2.24) is 10.2 Å². The monoisotopic (exact) mass is 380 g/mol. The van der Waals surface area contributed by atoms with E-state index >= 15 is 0 Å². The van der Waals surface area contributed by atoms with Crippen molar-refractivity contribution in [3.8, 4) is 0 Å². The number of halogens is 1. The van der Waals surface area contributed by atoms with Crippen molar-refractivity contribution >= 4 is 33.7 Å². The van der Waals surface area contributed by atoms with Gasteiger partial charge in [-0.05, 0) is 38.0 Å². The molecular formula is C16H21BrN4O2. The first-order chi connectivity index (χ1) is 10.9. The molecular weight excluding hydrogens is 360 g/mol. The number of carbonyl (C=O) groups excluding carboxylic acids is 2. The van der Waals surface area contributed by atoms with Gasteiger partial charge >= 0.3 is 0 Å². The molecule has 2 amide bonds. The van der Waals surface area contributed by atoms with Gasteiger partial charge in [0.05, 0.1) is 6.54 Å². The maximum Gasteiger partial charge on any atom is 0.249 e. The molecule has 124 valence electrons. The number of guanidine groups is 1. The van der Waals surface area contributed by atoms with E-state index in [1.807, 2.05) is 43.0 Å². The molecule has 7 heteroatoms. The number of nitrogens with two attached hydrogens (primary N) is 1. The fourth-order valence-electron chi connectivity index (χ4n) is 2.56. The lowest BCUT2D eigenvalue weighted by Gasteiger charge is -2.27. The van der Waals surface area contributed by atoms with Crippen molar-refractivity contribution in [3.05, 3.63) is 34.3 Å². The largest absolute Gasteiger partial charge is 0.370 e. The maximum absolute atomic E-state index is 12.2. The molecule has 3 N–H and O–H groups in total. The third kappa shape index (κ3) is 4.54. The van der Waals surface area contributed by atoms with Crippen LogP contribution in [0.15, 0.2) is 33.7 Å². The first-order valence-electron chi connectivity index (χ1n) is 7.55. The molecule has 0 radical (unpaired) electrons. The second-order valence-corrected chi connectivity index (χ2v) is 6.69. The first kappa shape index (κ1) is 17.5. The van der Waals surface area contributed by atoms with Gasteiger partial charge in [0, 0.05) is 16.9 Å². The number of rotatable bonds is 6. The lowest BCUT2D eigenvalue weighted by atomic mass is 10.1. The molecule has 1 saturated heterocycles. The average molecular weight is 381 g/mol. The van der Waals surface area contributed by atoms with Crippen LogP contribution in [0.25, 0.3) is 0 Å². The van der Waals surface area contributed by atoms with Crippen LogP contribution >= 0.6 is 15.9 Å². The minimum atomic E-state index is -0.401. The molecule has 0 saturated carbocycles. The zero-order valence-electron chi connectivity index (χ0n) is 13.3. The molecule has 1 aromatic rings. The molecule has 0 aromatic heterocycles. The van der Waals surface area contributed by atoms with Crippen molar-refractivity contribution in [2.45, 2.75) is 45.3 Å². The summed E-state index contributed by atoms with van der Waals surface area (Å²) in [4.78, 5) is 29.6. The molecule has 0 spiro atoms. The van der Waals surface area contributed by atoms with Crippen molar-refractivity contribution in [3.63, 3.8) is 0 Å². The lowest BCUT2D eigenvalue weighted by Crippen LogP contribution is -2.41. The number of aliphatic imine (C=N–C) groups is 1. The molecule has 0 bridgehead atoms. The van der Waals surface area contributed by atoms with Gasteiger partial charge in [0.25, 0.3) is 0 Å². The number of primary amides is 1. The number of amides is 2. The number of hydrogen-bond acceptors (Lipinski definition) is 3. The van der Waals surface area contributed by atoms with E-state index in [-0.39, 0.29) is 18.4 Å². The Labute approximate surface area is 144 Å². The normalized spacial score (nSPS) is 19.5. The second-order valence-electron chi connectivity index (χ2n) is 5.78. The van der Waals surface area contributed by atoms with Crippen LogP contribution in [0.1, 0.15) is 32.3 Å². The van der Waals surface area contributed by atoms with Crippen LogP contribution in [-0.4, -0.2) is 34.8 Å². The van der Waals surface area contributed by atoms with Gasteiger partial charge < -0.3 is 10.6 Å². The molecule has 23 heavy (non-hydrogen) atoms. The number of nitrogens with one attached hydrogen (secondary N) is 1. The van der Waals surface area contributed by atoms with Crippen LogP contribution in [0.5, 0.6) is 0 Å². The molecule has 2 rings (SSSR count). The lowest BCUT2D eigenvalue weighted by molar-refractivity contribution is -0.122. The number of nitrogens with zero attached hydrogens (tertiary/aromatic N) is 2. The van der Waals surface area contributed by atoms with Gasteiger partial charge in [-0.25, -0.2) is 4.99 Å². The van der Waals surface area contributed by atoms with E-state index in [2.05, 4.69) is 26.2 Å². The smallest absolute Gasteiger partial charge is 0.249 e. The minimum absolute atomic E-state index is 0.0931. The van der Waals surface area contributed by atoms with Crippen LogP contribution in [-0.2, 0) is 16.1 Å². The van der Waals surface area contributed by atoms with Gasteiger partial charge in [-0.1, -0.05) is 28.1 Å². The van der Waals surface area contributed by atoms with Gasteiger partial charge in [-0.15, -0.1) is 0 Å². The summed E-state index contributed by atoms with van der Waals surface area (Å²) in [5, 5.41) is 2.82. The summed E-state index contributed by atoms with van der Waals surface area (Å²) in [6.45, 7) is 4.47. The standard InChI is InChI=1S/C16H21BrN4O2/c1-10(2)21-13(7-8-14(18)22)15(23)20-16(21)19-9-11-3-5-12(17)6-4-11/h3-6,10,13H,7-9H2,1-2H3,(H2,18,22)(H,19,20,23)/t13-/m0/s1. The second kappa shape index (κ2) is 7.59. The van der Waals surface area contributed by atoms with Crippen molar-refractivity contribution < 1.29 is 9.59 Å². The summed E-state index contributed by atoms with van der Waals surface area (Å²) in [6, 6.07) is 7.57. The number of benzene rings is 1. The molecule has 0 unspecified atom stereocenters. The van der Waals surface area contributed by atoms with E-state index in [1.165, 1.54) is 0 Å². The molecule has 6 nitrogen and oxygen atoms in total. The quantitative estimate of drug-likeness (QED) is 0.788. The number of carbonyl (C=O) groups is 2. The van der Waals surface area contributed by atoms with Crippen molar-refractivity contribution in [2.24, 2.45) is 10.7 Å². The maximum atomic E-state index is 12.2. The molecule has 1 aliphatic heterocycles. The predicted octanol–water partition coefficient (Wildman–Crippen LogP) is 1.78. The van der Waals surface area contributed by atoms with E-state index in [0.29, 0.717) is 18.9 Å². The zero-order chi connectivity index (χ0) is 17.0. The fraction of sp³-hybridized carbons (Fsp3) is 0.438. The summed E-state index contributed by atoms with van der Waals surface area (Å²) >= 11 is 3.40. The topological polar surface area (TPSA) is 87.8 Å². The summed E-state index contributed by atoms with van der Waals surface area (Å²) in [6.07, 6.45) is 0.581. The van der Waals surface area contributed by atoms with Crippen molar-refractivity contribution in [2.75, 3.05) is 0 Å². The average Bonchev–Trinajstić information content (AvgIpc) is 2.80. The molecule has 1 aliphatic rings. The zero-order valence-corrected chi connectivity index (χ0v) is 14.8. The summed E-state index contributed by atoms with van der Waals surface area (Å²) in [5.41, 5.74) is 6.25. The Morgan fingerprint density at radius 1 is 1.39 bits per heavy atom. The van der Waals surface area contributed by atoms with Gasteiger partial charge in [-0.3, -0.25) is 14.9 Å². The molecule has 0 aliphatic carbocycles. The minimum Gasteiger partial charge on any atom is -0.370 e. The highest BCUT2D eigenvalue weighted by Crippen LogP contribution is 2.18. The Balaban J connectivity index is 2.13. The van der Waals surface area contributed by atoms with Crippen LogP contribution in [0.4, 0.5) is 0 Å². The molecule has 1 atom stereocenters. The van der Waals surface area contributed by atoms with E-state index in [9.17, 15) is 9.59 Å². The molecule has 1 aromatic carbocycles. The van der Waals surface area contributed by atoms with E-state index in [0.717, 1.165) is 10.0 Å². The molecule has 1 fully saturated rings. The number of hydrogen-bond donors (Lipinski definition) is 2. The van der Waals surface area contributed by atoms with Crippen LogP contribution in [0.3, 0.4) is 0 Å². The third-order valence-electron chi connectivity index (χ3n) is 3.66. The summed E-state index contributed by atoms with van der Waals surface area (Å²) < 4.78 is 1.01. The van der Waals surface area contributed by atoms with E-state index in [4.69, 9.17) is 5.73 Å². The van der Waals surface area contributed by atoms with Gasteiger partial charge in [0.1, 0.15) is 6.04 Å². The van der Waals surface area contributed by atoms with Crippen LogP contribution < -0.4 is 11.1 Å². The third-order valence-corrected chi connectivity index (χ3v) is 4.19. The Morgan fingerprint density at radius 2 is 2.04 bits per heavy atom. The van der Waals surface area contributed by atoms with E-state index in [1.54, 1.807) is 0 Å². The molecule has 1 heterocycles. The van der Waals surface area contributed by atoms with Crippen LogP contribution in [0.2, 0.25) is 0 Å². The highest BCUT2D eigenvalue weighted by molar-refractivity contribution is 9.10. The fourth-order valence-corrected chi connectivity index (χ4v) is 2.83. The summed E-state index contributed by atoms with van der Waals surface area (Å²) in [7, 11) is 0. The Hall–Kier alpha value is -1.89. The Bertz CT molecular complexity index is 613. The van der Waals surface area contributed by atoms with Gasteiger partial charge in [0.15, 0.2) is 0 Å². The highest BCUT2D eigenvalue weighted by Gasteiger charge is 2.37. The Kier molecular flexibility index (Phi) is 5.76. The van der Waals surface area contributed by atoms with Crippen molar-refractivity contribution in [1.29, 1.82) is 0 Å². The summed E-state index contributed by atoms with van der Waals surface area (Å²) in [5.74, 6) is 0.0265. The van der Waals surface area contributed by atoms with Crippen LogP contribution in [0, 0.1) is 0 Å². The SMILES string of the molecule is CC(C)N1C(=NCc2ccc(Br)cc2)NC(=O)[C@@H]1CCC(N)=O. The van der Waals surface area contributed by atoms with Gasteiger partial charge in [0.2, 0.25) is 17.8 Å². The first-order valence-corrected chi connectivity index (χ1v) is 8.34.